The Morgan fingerprint density at radius 3 is 2.74 bits per heavy atom. The summed E-state index contributed by atoms with van der Waals surface area (Å²) in [4.78, 5) is 4.81. The lowest BCUT2D eigenvalue weighted by molar-refractivity contribution is -0.136. The van der Waals surface area contributed by atoms with E-state index in [0.29, 0.717) is 5.92 Å². The van der Waals surface area contributed by atoms with E-state index < -0.39 is 0 Å². The van der Waals surface area contributed by atoms with Crippen molar-refractivity contribution < 1.29 is 4.74 Å². The average molecular weight is 255 g/mol. The largest absolute Gasteiger partial charge is 0.366 e. The molecule has 4 aliphatic rings. The summed E-state index contributed by atoms with van der Waals surface area (Å²) >= 11 is 0. The van der Waals surface area contributed by atoms with Gasteiger partial charge in [0.15, 0.2) is 0 Å². The quantitative estimate of drug-likeness (QED) is 0.695. The number of aliphatic imine (C=N–C) groups is 1. The maximum absolute atomic E-state index is 6.18. The molecule has 2 bridgehead atoms. The van der Waals surface area contributed by atoms with Crippen molar-refractivity contribution in [3.63, 3.8) is 0 Å². The fourth-order valence-electron chi connectivity index (χ4n) is 3.52. The maximum atomic E-state index is 6.18. The molecule has 1 aliphatic carbocycles. The van der Waals surface area contributed by atoms with Crippen molar-refractivity contribution in [1.29, 1.82) is 0 Å². The van der Waals surface area contributed by atoms with Gasteiger partial charge in [0.2, 0.25) is 0 Å². The highest BCUT2D eigenvalue weighted by Crippen LogP contribution is 2.46. The summed E-state index contributed by atoms with van der Waals surface area (Å²) in [6.07, 6.45) is 2.31. The van der Waals surface area contributed by atoms with Crippen molar-refractivity contribution >= 4 is 17.1 Å². The summed E-state index contributed by atoms with van der Waals surface area (Å²) in [5.41, 5.74) is 2.73. The molecule has 0 aromatic heterocycles. The maximum Gasteiger partial charge on any atom is 0.117 e. The summed E-state index contributed by atoms with van der Waals surface area (Å²) in [6, 6.07) is 8.02. The van der Waals surface area contributed by atoms with Crippen LogP contribution in [0, 0.1) is 5.92 Å². The molecule has 3 aliphatic heterocycles. The Labute approximate surface area is 112 Å². The minimum absolute atomic E-state index is 0.0925. The van der Waals surface area contributed by atoms with E-state index in [-0.39, 0.29) is 17.7 Å². The van der Waals surface area contributed by atoms with Gasteiger partial charge in [-0.1, -0.05) is 12.1 Å². The Balaban J connectivity index is 1.86. The number of hydrogen-bond acceptors (Lipinski definition) is 4. The van der Waals surface area contributed by atoms with Crippen molar-refractivity contribution in [1.82, 2.24) is 0 Å². The van der Waals surface area contributed by atoms with E-state index in [0.717, 1.165) is 29.9 Å². The molecule has 0 amide bonds. The van der Waals surface area contributed by atoms with Gasteiger partial charge in [-0.05, 0) is 38.8 Å². The van der Waals surface area contributed by atoms with Gasteiger partial charge in [-0.25, -0.2) is 0 Å². The third kappa shape index (κ3) is 1.59. The average Bonchev–Trinajstić information content (AvgIpc) is 2.58. The molecular weight excluding hydrogens is 238 g/mol. The van der Waals surface area contributed by atoms with Gasteiger partial charge in [0, 0.05) is 5.92 Å². The van der Waals surface area contributed by atoms with Crippen molar-refractivity contribution in [2.45, 2.75) is 44.4 Å². The summed E-state index contributed by atoms with van der Waals surface area (Å²) < 4.78 is 6.18. The number of nitrogens with zero attached hydrogens (tertiary/aromatic N) is 3. The zero-order valence-corrected chi connectivity index (χ0v) is 11.2. The van der Waals surface area contributed by atoms with E-state index in [1.54, 1.807) is 0 Å². The lowest BCUT2D eigenvalue weighted by Gasteiger charge is -2.51. The molecule has 4 nitrogen and oxygen atoms in total. The summed E-state index contributed by atoms with van der Waals surface area (Å²) in [5.74, 6) is 0.384. The first-order valence-corrected chi connectivity index (χ1v) is 6.91. The standard InChI is InChI=1S/C15H17N3O/c1-15(2)9-7-8-12(19-15)14-13(9)18-17-11-6-4-3-5-10(11)16-14/h3-6,9,12-13H,7-8H2,1-2H3. The molecule has 19 heavy (non-hydrogen) atoms. The van der Waals surface area contributed by atoms with E-state index in [9.17, 15) is 0 Å². The van der Waals surface area contributed by atoms with Gasteiger partial charge >= 0.3 is 0 Å². The Morgan fingerprint density at radius 1 is 1.16 bits per heavy atom. The van der Waals surface area contributed by atoms with Crippen molar-refractivity contribution in [2.24, 2.45) is 21.1 Å². The number of hydrogen-bond donors (Lipinski definition) is 0. The van der Waals surface area contributed by atoms with Crippen LogP contribution in [0.1, 0.15) is 26.7 Å². The van der Waals surface area contributed by atoms with E-state index in [1.807, 2.05) is 24.3 Å². The second kappa shape index (κ2) is 3.73. The molecule has 1 aromatic rings. The first kappa shape index (κ1) is 11.3. The van der Waals surface area contributed by atoms with Crippen LogP contribution in [0.2, 0.25) is 0 Å². The highest BCUT2D eigenvalue weighted by Gasteiger charge is 2.52. The Kier molecular flexibility index (Phi) is 2.22. The van der Waals surface area contributed by atoms with Crippen molar-refractivity contribution in [3.05, 3.63) is 24.3 Å². The number of fused-ring (bicyclic) bond motifs is 3. The molecule has 3 fully saturated rings. The molecule has 3 atom stereocenters. The number of ether oxygens (including phenoxy) is 1. The fourth-order valence-corrected chi connectivity index (χ4v) is 3.52. The number of azo groups is 1. The predicted octanol–water partition coefficient (Wildman–Crippen LogP) is 3.81. The van der Waals surface area contributed by atoms with Crippen molar-refractivity contribution in [3.8, 4) is 0 Å². The van der Waals surface area contributed by atoms with Gasteiger partial charge in [0.25, 0.3) is 0 Å². The van der Waals surface area contributed by atoms with Crippen LogP contribution in [0.25, 0.3) is 0 Å². The first-order chi connectivity index (χ1) is 9.15. The zero-order valence-electron chi connectivity index (χ0n) is 11.2. The van der Waals surface area contributed by atoms with E-state index >= 15 is 0 Å². The second-order valence-corrected chi connectivity index (χ2v) is 6.08. The van der Waals surface area contributed by atoms with Crippen LogP contribution in [-0.2, 0) is 4.74 Å². The second-order valence-electron chi connectivity index (χ2n) is 6.08. The lowest BCUT2D eigenvalue weighted by Crippen LogP contribution is -2.59. The third-order valence-corrected chi connectivity index (χ3v) is 4.51. The predicted molar refractivity (Wildman–Crippen MR) is 73.5 cm³/mol. The SMILES string of the molecule is CC1(C)OC2CCC1C1N=Nc3ccccc3N=C21. The molecule has 1 saturated carbocycles. The highest BCUT2D eigenvalue weighted by molar-refractivity contribution is 5.98. The Hall–Kier alpha value is -1.55. The van der Waals surface area contributed by atoms with Gasteiger partial charge in [0.05, 0.1) is 23.1 Å². The Morgan fingerprint density at radius 2 is 1.95 bits per heavy atom. The van der Waals surface area contributed by atoms with Crippen LogP contribution in [0.3, 0.4) is 0 Å². The molecule has 0 N–H and O–H groups in total. The van der Waals surface area contributed by atoms with Gasteiger partial charge in [-0.3, -0.25) is 4.99 Å². The first-order valence-electron chi connectivity index (χ1n) is 6.91. The number of rotatable bonds is 0. The molecule has 5 rings (SSSR count). The van der Waals surface area contributed by atoms with Crippen LogP contribution in [0.15, 0.2) is 39.5 Å². The smallest absolute Gasteiger partial charge is 0.117 e. The summed E-state index contributed by atoms with van der Waals surface area (Å²) in [6.45, 7) is 4.32. The summed E-state index contributed by atoms with van der Waals surface area (Å²) in [5, 5.41) is 8.99. The van der Waals surface area contributed by atoms with Crippen LogP contribution >= 0.6 is 0 Å². The highest BCUT2D eigenvalue weighted by atomic mass is 16.5. The minimum Gasteiger partial charge on any atom is -0.366 e. The normalized spacial score (nSPS) is 34.2. The number of para-hydroxylation sites is 1. The van der Waals surface area contributed by atoms with Crippen molar-refractivity contribution in [2.75, 3.05) is 0 Å². The molecule has 2 saturated heterocycles. The van der Waals surface area contributed by atoms with Crippen LogP contribution < -0.4 is 0 Å². The van der Waals surface area contributed by atoms with Gasteiger partial charge < -0.3 is 4.74 Å². The molecule has 3 unspecified atom stereocenters. The molecule has 4 heteroatoms. The van der Waals surface area contributed by atoms with Crippen LogP contribution in [-0.4, -0.2) is 23.5 Å². The van der Waals surface area contributed by atoms with Gasteiger partial charge in [-0.2, -0.15) is 10.2 Å². The van der Waals surface area contributed by atoms with Crippen LogP contribution in [0.4, 0.5) is 11.4 Å². The van der Waals surface area contributed by atoms with Gasteiger partial charge in [-0.15, -0.1) is 0 Å². The Bertz CT molecular complexity index is 591. The molecule has 0 radical (unpaired) electrons. The van der Waals surface area contributed by atoms with E-state index in [1.165, 1.54) is 0 Å². The van der Waals surface area contributed by atoms with E-state index in [4.69, 9.17) is 9.73 Å². The van der Waals surface area contributed by atoms with Gasteiger partial charge in [0.1, 0.15) is 11.7 Å². The number of benzene rings is 1. The van der Waals surface area contributed by atoms with E-state index in [2.05, 4.69) is 24.1 Å². The third-order valence-electron chi connectivity index (χ3n) is 4.51. The summed E-state index contributed by atoms with van der Waals surface area (Å²) in [7, 11) is 0. The fraction of sp³-hybridized carbons (Fsp3) is 0.533. The molecule has 0 spiro atoms. The molecule has 3 heterocycles. The molecule has 98 valence electrons. The molecule has 1 aromatic carbocycles. The lowest BCUT2D eigenvalue weighted by atomic mass is 9.70. The zero-order chi connectivity index (χ0) is 13.0. The minimum atomic E-state index is -0.123. The topological polar surface area (TPSA) is 46.3 Å². The monoisotopic (exact) mass is 255 g/mol. The van der Waals surface area contributed by atoms with Crippen LogP contribution in [0.5, 0.6) is 0 Å². The molecular formula is C15H17N3O.